The molecule has 7 nitrogen and oxygen atoms in total. The van der Waals surface area contributed by atoms with E-state index >= 15 is 0 Å². The number of nitrogens with zero attached hydrogens (tertiary/aromatic N) is 3. The van der Waals surface area contributed by atoms with Gasteiger partial charge in [-0.2, -0.15) is 0 Å². The molecule has 2 heterocycles. The summed E-state index contributed by atoms with van der Waals surface area (Å²) in [6.07, 6.45) is 4.23. The van der Waals surface area contributed by atoms with Crippen molar-refractivity contribution in [3.63, 3.8) is 0 Å². The standard InChI is InChI=1S/C19H23N5O2S/c1-12(18(25)20-9-10-26-2)27-19-23-22-17(24(19)13-7-8-13)15-11-21-16-6-4-3-5-14(15)16/h3-6,11-13,21H,7-10H2,1-2H3,(H,20,25)/t12-/m1/s1. The van der Waals surface area contributed by atoms with E-state index in [9.17, 15) is 4.79 Å². The molecule has 27 heavy (non-hydrogen) atoms. The number of rotatable bonds is 8. The van der Waals surface area contributed by atoms with Gasteiger partial charge in [0.2, 0.25) is 5.91 Å². The number of ether oxygens (including phenoxy) is 1. The molecule has 2 N–H and O–H groups in total. The third-order valence-electron chi connectivity index (χ3n) is 4.66. The van der Waals surface area contributed by atoms with Gasteiger partial charge in [0.1, 0.15) is 0 Å². The molecule has 0 aliphatic heterocycles. The minimum absolute atomic E-state index is 0.0176. The molecule has 0 radical (unpaired) electrons. The molecule has 2 aromatic heterocycles. The number of thioether (sulfide) groups is 1. The summed E-state index contributed by atoms with van der Waals surface area (Å²) in [4.78, 5) is 15.6. The zero-order valence-electron chi connectivity index (χ0n) is 15.4. The van der Waals surface area contributed by atoms with Crippen molar-refractivity contribution >= 4 is 28.6 Å². The lowest BCUT2D eigenvalue weighted by Crippen LogP contribution is -2.33. The zero-order valence-corrected chi connectivity index (χ0v) is 16.3. The monoisotopic (exact) mass is 385 g/mol. The predicted octanol–water partition coefficient (Wildman–Crippen LogP) is 3.00. The highest BCUT2D eigenvalue weighted by Crippen LogP contribution is 2.42. The molecule has 0 spiro atoms. The number of methoxy groups -OCH3 is 1. The van der Waals surface area contributed by atoms with Crippen LogP contribution in [0.3, 0.4) is 0 Å². The molecular weight excluding hydrogens is 362 g/mol. The van der Waals surface area contributed by atoms with Crippen molar-refractivity contribution in [2.24, 2.45) is 0 Å². The Labute approximate surface area is 161 Å². The van der Waals surface area contributed by atoms with Crippen LogP contribution in [-0.2, 0) is 9.53 Å². The Balaban J connectivity index is 1.59. The number of nitrogens with one attached hydrogen (secondary N) is 2. The number of amides is 1. The summed E-state index contributed by atoms with van der Waals surface area (Å²) in [5.74, 6) is 0.848. The molecule has 1 saturated carbocycles. The van der Waals surface area contributed by atoms with Crippen molar-refractivity contribution in [2.45, 2.75) is 36.2 Å². The Bertz CT molecular complexity index is 947. The van der Waals surface area contributed by atoms with Crippen molar-refractivity contribution in [1.82, 2.24) is 25.1 Å². The number of aromatic amines is 1. The first-order chi connectivity index (χ1) is 13.2. The van der Waals surface area contributed by atoms with Crippen molar-refractivity contribution < 1.29 is 9.53 Å². The fourth-order valence-corrected chi connectivity index (χ4v) is 4.03. The number of para-hydroxylation sites is 1. The van der Waals surface area contributed by atoms with Gasteiger partial charge in [0.25, 0.3) is 0 Å². The Kier molecular flexibility index (Phi) is 5.18. The first kappa shape index (κ1) is 18.1. The number of aromatic nitrogens is 4. The molecule has 142 valence electrons. The highest BCUT2D eigenvalue weighted by Gasteiger charge is 2.32. The van der Waals surface area contributed by atoms with E-state index in [1.165, 1.54) is 11.8 Å². The minimum atomic E-state index is -0.251. The molecule has 0 saturated heterocycles. The molecule has 1 aromatic carbocycles. The van der Waals surface area contributed by atoms with E-state index in [0.29, 0.717) is 19.2 Å². The molecular formula is C19H23N5O2S. The van der Waals surface area contributed by atoms with E-state index in [2.05, 4.69) is 37.2 Å². The van der Waals surface area contributed by atoms with Crippen LogP contribution in [0, 0.1) is 0 Å². The van der Waals surface area contributed by atoms with Gasteiger partial charge in [-0.1, -0.05) is 30.0 Å². The molecule has 1 amide bonds. The summed E-state index contributed by atoms with van der Waals surface area (Å²) in [6.45, 7) is 2.91. The van der Waals surface area contributed by atoms with Crippen LogP contribution in [0.4, 0.5) is 0 Å². The summed E-state index contributed by atoms with van der Waals surface area (Å²) < 4.78 is 7.17. The Morgan fingerprint density at radius 2 is 2.22 bits per heavy atom. The third kappa shape index (κ3) is 3.72. The minimum Gasteiger partial charge on any atom is -0.383 e. The summed E-state index contributed by atoms with van der Waals surface area (Å²) in [5.41, 5.74) is 2.13. The van der Waals surface area contributed by atoms with Crippen molar-refractivity contribution in [2.75, 3.05) is 20.3 Å². The second-order valence-electron chi connectivity index (χ2n) is 6.70. The SMILES string of the molecule is COCCNC(=O)[C@@H](C)Sc1nnc(-c2c[nH]c3ccccc23)n1C1CC1. The largest absolute Gasteiger partial charge is 0.383 e. The maximum atomic E-state index is 12.3. The molecule has 3 aromatic rings. The molecule has 8 heteroatoms. The molecule has 4 rings (SSSR count). The van der Waals surface area contributed by atoms with Crippen LogP contribution in [0.2, 0.25) is 0 Å². The average molecular weight is 385 g/mol. The van der Waals surface area contributed by atoms with Gasteiger partial charge in [0.05, 0.1) is 11.9 Å². The van der Waals surface area contributed by atoms with Crippen LogP contribution < -0.4 is 5.32 Å². The van der Waals surface area contributed by atoms with Crippen LogP contribution in [0.1, 0.15) is 25.8 Å². The molecule has 0 unspecified atom stereocenters. The highest BCUT2D eigenvalue weighted by molar-refractivity contribution is 8.00. The van der Waals surface area contributed by atoms with Crippen LogP contribution in [-0.4, -0.2) is 51.2 Å². The van der Waals surface area contributed by atoms with Crippen molar-refractivity contribution in [1.29, 1.82) is 0 Å². The topological polar surface area (TPSA) is 84.8 Å². The van der Waals surface area contributed by atoms with Gasteiger partial charge in [-0.25, -0.2) is 0 Å². The number of H-pyrrole nitrogens is 1. The fourth-order valence-electron chi connectivity index (χ4n) is 3.09. The Hall–Kier alpha value is -2.32. The van der Waals surface area contributed by atoms with E-state index in [-0.39, 0.29) is 11.2 Å². The second kappa shape index (κ2) is 7.74. The second-order valence-corrected chi connectivity index (χ2v) is 8.01. The average Bonchev–Trinajstić information content (AvgIpc) is 3.29. The van der Waals surface area contributed by atoms with Gasteiger partial charge in [0, 0.05) is 42.4 Å². The molecule has 1 aliphatic carbocycles. The number of hydrogen-bond donors (Lipinski definition) is 2. The van der Waals surface area contributed by atoms with E-state index in [0.717, 1.165) is 40.3 Å². The summed E-state index contributed by atoms with van der Waals surface area (Å²) in [7, 11) is 1.62. The van der Waals surface area contributed by atoms with Crippen molar-refractivity contribution in [3.8, 4) is 11.4 Å². The maximum absolute atomic E-state index is 12.3. The van der Waals surface area contributed by atoms with Gasteiger partial charge in [0.15, 0.2) is 11.0 Å². The van der Waals surface area contributed by atoms with Gasteiger partial charge in [-0.15, -0.1) is 10.2 Å². The van der Waals surface area contributed by atoms with Crippen LogP contribution >= 0.6 is 11.8 Å². The van der Waals surface area contributed by atoms with E-state index < -0.39 is 0 Å². The number of carbonyl (C=O) groups excluding carboxylic acids is 1. The molecule has 0 bridgehead atoms. The Morgan fingerprint density at radius 1 is 1.41 bits per heavy atom. The van der Waals surface area contributed by atoms with E-state index in [4.69, 9.17) is 4.74 Å². The lowest BCUT2D eigenvalue weighted by Gasteiger charge is -2.13. The van der Waals surface area contributed by atoms with Crippen LogP contribution in [0.15, 0.2) is 35.6 Å². The van der Waals surface area contributed by atoms with Crippen molar-refractivity contribution in [3.05, 3.63) is 30.5 Å². The number of benzene rings is 1. The smallest absolute Gasteiger partial charge is 0.233 e. The Morgan fingerprint density at radius 3 is 3.00 bits per heavy atom. The van der Waals surface area contributed by atoms with Crippen LogP contribution in [0.5, 0.6) is 0 Å². The summed E-state index contributed by atoms with van der Waals surface area (Å²) in [6, 6.07) is 8.60. The third-order valence-corrected chi connectivity index (χ3v) is 5.72. The van der Waals surface area contributed by atoms with E-state index in [1.54, 1.807) is 7.11 Å². The number of fused-ring (bicyclic) bond motifs is 1. The van der Waals surface area contributed by atoms with Gasteiger partial charge in [-0.05, 0) is 25.8 Å². The first-order valence-electron chi connectivity index (χ1n) is 9.13. The van der Waals surface area contributed by atoms with Gasteiger partial charge < -0.3 is 15.0 Å². The van der Waals surface area contributed by atoms with Gasteiger partial charge >= 0.3 is 0 Å². The van der Waals surface area contributed by atoms with E-state index in [1.807, 2.05) is 25.3 Å². The first-order valence-corrected chi connectivity index (χ1v) is 10.0. The quantitative estimate of drug-likeness (QED) is 0.460. The maximum Gasteiger partial charge on any atom is 0.233 e. The molecule has 1 atom stereocenters. The predicted molar refractivity (Wildman–Crippen MR) is 106 cm³/mol. The lowest BCUT2D eigenvalue weighted by atomic mass is 10.1. The van der Waals surface area contributed by atoms with Gasteiger partial charge in [-0.3, -0.25) is 9.36 Å². The summed E-state index contributed by atoms with van der Waals surface area (Å²) in [5, 5.41) is 13.5. The fraction of sp³-hybridized carbons (Fsp3) is 0.421. The number of carbonyl (C=O) groups is 1. The zero-order chi connectivity index (χ0) is 18.8. The lowest BCUT2D eigenvalue weighted by molar-refractivity contribution is -0.120. The summed E-state index contributed by atoms with van der Waals surface area (Å²) >= 11 is 1.45. The molecule has 1 aliphatic rings. The van der Waals surface area contributed by atoms with Crippen LogP contribution in [0.25, 0.3) is 22.3 Å². The normalized spacial score (nSPS) is 15.2. The number of hydrogen-bond acceptors (Lipinski definition) is 5. The molecule has 1 fully saturated rings. The highest BCUT2D eigenvalue weighted by atomic mass is 32.2.